The Kier molecular flexibility index (Phi) is 3.83. The Bertz CT molecular complexity index is 655. The van der Waals surface area contributed by atoms with Crippen LogP contribution >= 0.6 is 0 Å². The number of carbonyl (C=O) groups excluding carboxylic acids is 3. The van der Waals surface area contributed by atoms with E-state index in [0.29, 0.717) is 12.1 Å². The van der Waals surface area contributed by atoms with Crippen LogP contribution in [-0.4, -0.2) is 44.6 Å². The number of nitrogens with zero attached hydrogens (tertiary/aromatic N) is 3. The molecule has 23 heavy (non-hydrogen) atoms. The SMILES string of the molecule is C[C@@H]1CCCC[C@@]12NC(=O)N(CC(=O)Nc1cnn(C)c1)C2=O. The number of aryl methyl sites for hydroxylation is 1. The third-order valence-corrected chi connectivity index (χ3v) is 4.79. The van der Waals surface area contributed by atoms with Gasteiger partial charge in [-0.3, -0.25) is 19.2 Å². The molecule has 1 aromatic heterocycles. The molecule has 2 N–H and O–H groups in total. The van der Waals surface area contributed by atoms with Crippen molar-refractivity contribution >= 4 is 23.5 Å². The Morgan fingerprint density at radius 1 is 1.48 bits per heavy atom. The maximum atomic E-state index is 12.7. The first kappa shape index (κ1) is 15.5. The highest BCUT2D eigenvalue weighted by atomic mass is 16.2. The van der Waals surface area contributed by atoms with Crippen LogP contribution in [0.3, 0.4) is 0 Å². The Balaban J connectivity index is 1.69. The highest BCUT2D eigenvalue weighted by Gasteiger charge is 2.55. The van der Waals surface area contributed by atoms with E-state index in [2.05, 4.69) is 15.7 Å². The summed E-state index contributed by atoms with van der Waals surface area (Å²) in [4.78, 5) is 38.1. The second-order valence-electron chi connectivity index (χ2n) is 6.39. The van der Waals surface area contributed by atoms with Crippen LogP contribution in [0.4, 0.5) is 10.5 Å². The van der Waals surface area contributed by atoms with E-state index in [9.17, 15) is 14.4 Å². The number of hydrogen-bond acceptors (Lipinski definition) is 4. The summed E-state index contributed by atoms with van der Waals surface area (Å²) in [6, 6.07) is -0.481. The lowest BCUT2D eigenvalue weighted by molar-refractivity contribution is -0.136. The minimum Gasteiger partial charge on any atom is -0.323 e. The molecule has 0 aromatic carbocycles. The molecule has 0 unspecified atom stereocenters. The van der Waals surface area contributed by atoms with Crippen molar-refractivity contribution in [2.75, 3.05) is 11.9 Å². The zero-order valence-electron chi connectivity index (χ0n) is 13.3. The first-order chi connectivity index (χ1) is 10.9. The van der Waals surface area contributed by atoms with E-state index in [4.69, 9.17) is 0 Å². The van der Waals surface area contributed by atoms with Crippen molar-refractivity contribution in [3.05, 3.63) is 12.4 Å². The van der Waals surface area contributed by atoms with Crippen LogP contribution in [0.25, 0.3) is 0 Å². The summed E-state index contributed by atoms with van der Waals surface area (Å²) in [6.07, 6.45) is 6.67. The summed E-state index contributed by atoms with van der Waals surface area (Å²) in [6.45, 7) is 1.70. The largest absolute Gasteiger partial charge is 0.325 e. The van der Waals surface area contributed by atoms with Crippen molar-refractivity contribution in [1.29, 1.82) is 0 Å². The summed E-state index contributed by atoms with van der Waals surface area (Å²) in [7, 11) is 1.74. The molecule has 1 aliphatic carbocycles. The second-order valence-corrected chi connectivity index (χ2v) is 6.39. The normalized spacial score (nSPS) is 27.4. The number of amides is 4. The Labute approximate surface area is 134 Å². The van der Waals surface area contributed by atoms with Gasteiger partial charge in [-0.1, -0.05) is 19.8 Å². The van der Waals surface area contributed by atoms with Gasteiger partial charge >= 0.3 is 6.03 Å². The van der Waals surface area contributed by atoms with Gasteiger partial charge in [0.05, 0.1) is 11.9 Å². The summed E-state index contributed by atoms with van der Waals surface area (Å²) in [5.74, 6) is -0.614. The van der Waals surface area contributed by atoms with E-state index < -0.39 is 17.5 Å². The quantitative estimate of drug-likeness (QED) is 0.808. The highest BCUT2D eigenvalue weighted by molar-refractivity contribution is 6.10. The van der Waals surface area contributed by atoms with Gasteiger partial charge in [-0.15, -0.1) is 0 Å². The fourth-order valence-corrected chi connectivity index (χ4v) is 3.47. The van der Waals surface area contributed by atoms with Gasteiger partial charge in [0.1, 0.15) is 12.1 Å². The fourth-order valence-electron chi connectivity index (χ4n) is 3.47. The lowest BCUT2D eigenvalue weighted by Crippen LogP contribution is -2.54. The van der Waals surface area contributed by atoms with Crippen molar-refractivity contribution in [2.45, 2.75) is 38.1 Å². The monoisotopic (exact) mass is 319 g/mol. The molecule has 0 bridgehead atoms. The van der Waals surface area contributed by atoms with Crippen molar-refractivity contribution in [2.24, 2.45) is 13.0 Å². The number of nitrogens with one attached hydrogen (secondary N) is 2. The van der Waals surface area contributed by atoms with Crippen LogP contribution in [0.1, 0.15) is 32.6 Å². The Morgan fingerprint density at radius 3 is 2.91 bits per heavy atom. The molecular formula is C15H21N5O3. The summed E-state index contributed by atoms with van der Waals surface area (Å²) in [5, 5.41) is 9.42. The van der Waals surface area contributed by atoms with Crippen LogP contribution < -0.4 is 10.6 Å². The number of urea groups is 1. The van der Waals surface area contributed by atoms with E-state index >= 15 is 0 Å². The molecular weight excluding hydrogens is 298 g/mol. The van der Waals surface area contributed by atoms with E-state index in [0.717, 1.165) is 24.2 Å². The van der Waals surface area contributed by atoms with Crippen molar-refractivity contribution in [1.82, 2.24) is 20.0 Å². The molecule has 2 atom stereocenters. The van der Waals surface area contributed by atoms with Gasteiger partial charge in [0.2, 0.25) is 5.91 Å². The van der Waals surface area contributed by atoms with Gasteiger partial charge in [-0.25, -0.2) is 4.79 Å². The zero-order chi connectivity index (χ0) is 16.6. The third-order valence-electron chi connectivity index (χ3n) is 4.79. The fraction of sp³-hybridized carbons (Fsp3) is 0.600. The van der Waals surface area contributed by atoms with Crippen LogP contribution in [0.5, 0.6) is 0 Å². The van der Waals surface area contributed by atoms with E-state index in [1.54, 1.807) is 17.9 Å². The molecule has 8 nitrogen and oxygen atoms in total. The zero-order valence-corrected chi connectivity index (χ0v) is 13.3. The first-order valence-electron chi connectivity index (χ1n) is 7.85. The number of aromatic nitrogens is 2. The van der Waals surface area contributed by atoms with Crippen molar-refractivity contribution in [3.8, 4) is 0 Å². The van der Waals surface area contributed by atoms with Crippen LogP contribution in [-0.2, 0) is 16.6 Å². The maximum Gasteiger partial charge on any atom is 0.325 e. The van der Waals surface area contributed by atoms with Crippen LogP contribution in [0, 0.1) is 5.92 Å². The topological polar surface area (TPSA) is 96.3 Å². The summed E-state index contributed by atoms with van der Waals surface area (Å²) >= 11 is 0. The maximum absolute atomic E-state index is 12.7. The number of anilines is 1. The molecule has 3 rings (SSSR count). The predicted molar refractivity (Wildman–Crippen MR) is 82.4 cm³/mol. The number of imide groups is 1. The highest BCUT2D eigenvalue weighted by Crippen LogP contribution is 2.38. The molecule has 0 radical (unpaired) electrons. The second kappa shape index (κ2) is 5.68. The van der Waals surface area contributed by atoms with E-state index in [1.807, 2.05) is 6.92 Å². The first-order valence-corrected chi connectivity index (χ1v) is 7.85. The standard InChI is InChI=1S/C15H21N5O3/c1-10-5-3-4-6-15(10)13(22)20(14(23)18-15)9-12(21)17-11-7-16-19(2)8-11/h7-8,10H,3-6,9H2,1-2H3,(H,17,21)(H,18,23)/t10-,15-/m1/s1. The lowest BCUT2D eigenvalue weighted by atomic mass is 9.73. The number of rotatable bonds is 3. The minimum atomic E-state index is -0.829. The van der Waals surface area contributed by atoms with Gasteiger partial charge in [0.25, 0.3) is 5.91 Å². The van der Waals surface area contributed by atoms with E-state index in [1.165, 1.54) is 6.20 Å². The molecule has 2 fully saturated rings. The molecule has 124 valence electrons. The van der Waals surface area contributed by atoms with Crippen LogP contribution in [0.15, 0.2) is 12.4 Å². The van der Waals surface area contributed by atoms with Gasteiger partial charge in [-0.05, 0) is 18.8 Å². The molecule has 2 heterocycles. The van der Waals surface area contributed by atoms with Crippen molar-refractivity contribution in [3.63, 3.8) is 0 Å². The molecule has 8 heteroatoms. The lowest BCUT2D eigenvalue weighted by Gasteiger charge is -2.36. The van der Waals surface area contributed by atoms with Crippen LogP contribution in [0.2, 0.25) is 0 Å². The molecule has 1 spiro atoms. The molecule has 2 aliphatic rings. The molecule has 4 amide bonds. The average molecular weight is 319 g/mol. The number of carbonyl (C=O) groups is 3. The average Bonchev–Trinajstić information content (AvgIpc) is 3.00. The molecule has 1 aliphatic heterocycles. The summed E-state index contributed by atoms with van der Waals surface area (Å²) in [5.41, 5.74) is -0.297. The predicted octanol–water partition coefficient (Wildman–Crippen LogP) is 0.859. The summed E-state index contributed by atoms with van der Waals surface area (Å²) < 4.78 is 1.56. The Morgan fingerprint density at radius 2 is 2.26 bits per heavy atom. The third kappa shape index (κ3) is 2.69. The van der Waals surface area contributed by atoms with Gasteiger partial charge in [-0.2, -0.15) is 5.10 Å². The smallest absolute Gasteiger partial charge is 0.323 e. The Hall–Kier alpha value is -2.38. The molecule has 1 saturated carbocycles. The van der Waals surface area contributed by atoms with Gasteiger partial charge < -0.3 is 10.6 Å². The van der Waals surface area contributed by atoms with Gasteiger partial charge in [0, 0.05) is 13.2 Å². The minimum absolute atomic E-state index is 0.0825. The molecule has 1 saturated heterocycles. The van der Waals surface area contributed by atoms with Gasteiger partial charge in [0.15, 0.2) is 0 Å². The van der Waals surface area contributed by atoms with Crippen molar-refractivity contribution < 1.29 is 14.4 Å². The molecule has 1 aromatic rings. The van der Waals surface area contributed by atoms with E-state index in [-0.39, 0.29) is 18.4 Å². The number of hydrogen-bond donors (Lipinski definition) is 2.